The summed E-state index contributed by atoms with van der Waals surface area (Å²) in [6.07, 6.45) is 0. The van der Waals surface area contributed by atoms with Crippen molar-refractivity contribution < 1.29 is 0 Å². The van der Waals surface area contributed by atoms with Gasteiger partial charge in [0.25, 0.3) is 0 Å². The predicted molar refractivity (Wildman–Crippen MR) is 280 cm³/mol. The van der Waals surface area contributed by atoms with E-state index in [2.05, 4.69) is 225 Å². The smallest absolute Gasteiger partial charge is 0.240 e. The molecule has 0 aliphatic rings. The second kappa shape index (κ2) is 14.1. The van der Waals surface area contributed by atoms with Gasteiger partial charge in [0.2, 0.25) is 11.9 Å². The largest absolute Gasteiger partial charge is 0.309 e. The highest BCUT2D eigenvalue weighted by Gasteiger charge is 2.26. The molecule has 0 saturated heterocycles. The molecular weight excluding hydrogens is 831 g/mol. The van der Waals surface area contributed by atoms with Gasteiger partial charge in [0.05, 0.1) is 49.8 Å². The van der Waals surface area contributed by atoms with Gasteiger partial charge in [-0.1, -0.05) is 170 Å². The molecular formula is C61H37N7. The van der Waals surface area contributed by atoms with Crippen molar-refractivity contribution in [2.24, 2.45) is 0 Å². The Kier molecular flexibility index (Phi) is 7.65. The third-order valence-electron chi connectivity index (χ3n) is 14.0. The minimum atomic E-state index is 0.540. The van der Waals surface area contributed by atoms with E-state index < -0.39 is 0 Å². The zero-order valence-electron chi connectivity index (χ0n) is 36.5. The molecule has 5 heterocycles. The summed E-state index contributed by atoms with van der Waals surface area (Å²) in [5.41, 5.74) is 11.8. The van der Waals surface area contributed by atoms with Gasteiger partial charge in [-0.15, -0.1) is 0 Å². The highest BCUT2D eigenvalue weighted by molar-refractivity contribution is 6.27. The Hall–Kier alpha value is -9.33. The molecule has 15 rings (SSSR count). The summed E-state index contributed by atoms with van der Waals surface area (Å²) in [6, 6.07) is 80.1. The van der Waals surface area contributed by atoms with Gasteiger partial charge < -0.3 is 9.13 Å². The van der Waals surface area contributed by atoms with Crippen LogP contribution >= 0.6 is 0 Å². The van der Waals surface area contributed by atoms with Crippen molar-refractivity contribution >= 4 is 98.0 Å². The first-order chi connectivity index (χ1) is 33.8. The SMILES string of the molecule is c1ccc(-c2nc(-n3c4ccccc4c4c3ccc3c5ccccc5n(-c5ccccc5)c34)nc(-n3c4ccccc4c4ccc5c(c6ccccc6n5-c5cccc6ccccc56)c43)n2)cc1. The van der Waals surface area contributed by atoms with Crippen molar-refractivity contribution in [1.82, 2.24) is 33.2 Å². The van der Waals surface area contributed by atoms with Crippen molar-refractivity contribution in [3.8, 4) is 34.7 Å². The van der Waals surface area contributed by atoms with Gasteiger partial charge >= 0.3 is 0 Å². The number of hydrogen-bond acceptors (Lipinski definition) is 3. The molecule has 5 aromatic heterocycles. The Morgan fingerprint density at radius 3 is 1.37 bits per heavy atom. The van der Waals surface area contributed by atoms with Crippen LogP contribution in [0.1, 0.15) is 0 Å². The summed E-state index contributed by atoms with van der Waals surface area (Å²) in [5, 5.41) is 11.6. The summed E-state index contributed by atoms with van der Waals surface area (Å²) in [4.78, 5) is 16.5. The van der Waals surface area contributed by atoms with Crippen molar-refractivity contribution in [3.05, 3.63) is 224 Å². The number of para-hydroxylation sites is 5. The molecule has 0 aliphatic heterocycles. The number of rotatable bonds is 5. The van der Waals surface area contributed by atoms with Crippen molar-refractivity contribution in [3.63, 3.8) is 0 Å². The molecule has 0 spiro atoms. The Bertz CT molecular complexity index is 4550. The first-order valence-electron chi connectivity index (χ1n) is 23.0. The van der Waals surface area contributed by atoms with E-state index in [0.717, 1.165) is 93.4 Å². The molecule has 316 valence electrons. The average molecular weight is 868 g/mol. The lowest BCUT2D eigenvalue weighted by Crippen LogP contribution is -2.10. The molecule has 0 fully saturated rings. The van der Waals surface area contributed by atoms with E-state index in [1.165, 1.54) is 21.5 Å². The lowest BCUT2D eigenvalue weighted by atomic mass is 10.1. The topological polar surface area (TPSA) is 58.4 Å². The van der Waals surface area contributed by atoms with E-state index in [0.29, 0.717) is 17.7 Å². The van der Waals surface area contributed by atoms with E-state index >= 15 is 0 Å². The van der Waals surface area contributed by atoms with Crippen LogP contribution < -0.4 is 0 Å². The first kappa shape index (κ1) is 36.9. The minimum Gasteiger partial charge on any atom is -0.309 e. The standard InChI is InChI=1S/C61H37N7/c1-3-19-39(20-4-1)59-62-60(67-52-32-16-12-28-47(52)56-54(67)37-35-44-42-25-9-13-29-49(42)65(57(44)56)40-22-5-2-6-23-40)64-61(63-59)68-50-30-14-10-26-43(50)45-34-36-53-55(58(45)68)46-27-11-15-31-51(46)66(53)48-33-17-21-38-18-7-8-24-41(38)48/h1-37H. The second-order valence-corrected chi connectivity index (χ2v) is 17.6. The van der Waals surface area contributed by atoms with Crippen LogP contribution in [0.25, 0.3) is 133 Å². The van der Waals surface area contributed by atoms with Crippen LogP contribution in [0.5, 0.6) is 0 Å². The molecule has 0 N–H and O–H groups in total. The summed E-state index contributed by atoms with van der Waals surface area (Å²) in [5.74, 6) is 1.67. The molecule has 7 heteroatoms. The van der Waals surface area contributed by atoms with Crippen LogP contribution in [0.4, 0.5) is 0 Å². The van der Waals surface area contributed by atoms with Crippen LogP contribution in [0.3, 0.4) is 0 Å². The molecule has 7 nitrogen and oxygen atoms in total. The van der Waals surface area contributed by atoms with E-state index in [1.807, 2.05) is 18.2 Å². The van der Waals surface area contributed by atoms with Crippen LogP contribution in [-0.2, 0) is 0 Å². The average Bonchev–Trinajstić information content (AvgIpc) is 4.14. The lowest BCUT2D eigenvalue weighted by Gasteiger charge is -2.13. The molecule has 0 atom stereocenters. The number of fused-ring (bicyclic) bond motifs is 15. The van der Waals surface area contributed by atoms with Crippen LogP contribution in [0, 0.1) is 0 Å². The summed E-state index contributed by atoms with van der Waals surface area (Å²) in [7, 11) is 0. The third-order valence-corrected chi connectivity index (χ3v) is 14.0. The Morgan fingerprint density at radius 2 is 0.721 bits per heavy atom. The molecule has 0 unspecified atom stereocenters. The summed E-state index contributed by atoms with van der Waals surface area (Å²) in [6.45, 7) is 0. The molecule has 0 bridgehead atoms. The fourth-order valence-corrected chi connectivity index (χ4v) is 11.2. The molecule has 0 amide bonds. The number of aromatic nitrogens is 7. The van der Waals surface area contributed by atoms with Crippen molar-refractivity contribution in [2.75, 3.05) is 0 Å². The number of nitrogens with zero attached hydrogens (tertiary/aromatic N) is 7. The zero-order chi connectivity index (χ0) is 44.5. The lowest BCUT2D eigenvalue weighted by molar-refractivity contribution is 0.894. The Balaban J connectivity index is 1.08. The number of hydrogen-bond donors (Lipinski definition) is 0. The van der Waals surface area contributed by atoms with Crippen molar-refractivity contribution in [1.29, 1.82) is 0 Å². The van der Waals surface area contributed by atoms with Gasteiger partial charge in [-0.2, -0.15) is 15.0 Å². The highest BCUT2D eigenvalue weighted by atomic mass is 15.3. The number of benzene rings is 10. The van der Waals surface area contributed by atoms with Gasteiger partial charge in [0.1, 0.15) is 0 Å². The van der Waals surface area contributed by atoms with Crippen LogP contribution in [0.2, 0.25) is 0 Å². The van der Waals surface area contributed by atoms with Crippen LogP contribution in [-0.4, -0.2) is 33.2 Å². The zero-order valence-corrected chi connectivity index (χ0v) is 36.5. The van der Waals surface area contributed by atoms with Gasteiger partial charge in [0, 0.05) is 59.7 Å². The normalized spacial score (nSPS) is 12.1. The quantitative estimate of drug-likeness (QED) is 0.173. The molecule has 0 aliphatic carbocycles. The monoisotopic (exact) mass is 867 g/mol. The fourth-order valence-electron chi connectivity index (χ4n) is 11.2. The van der Waals surface area contributed by atoms with E-state index in [1.54, 1.807) is 0 Å². The summed E-state index contributed by atoms with van der Waals surface area (Å²) >= 11 is 0. The predicted octanol–water partition coefficient (Wildman–Crippen LogP) is 15.1. The Morgan fingerprint density at radius 1 is 0.265 bits per heavy atom. The summed E-state index contributed by atoms with van der Waals surface area (Å²) < 4.78 is 9.36. The minimum absolute atomic E-state index is 0.540. The first-order valence-corrected chi connectivity index (χ1v) is 23.0. The van der Waals surface area contributed by atoms with Gasteiger partial charge in [-0.25, -0.2) is 0 Å². The van der Waals surface area contributed by atoms with E-state index in [-0.39, 0.29) is 0 Å². The molecule has 68 heavy (non-hydrogen) atoms. The maximum Gasteiger partial charge on any atom is 0.240 e. The maximum absolute atomic E-state index is 5.63. The van der Waals surface area contributed by atoms with Crippen molar-refractivity contribution in [2.45, 2.75) is 0 Å². The third kappa shape index (κ3) is 5.09. The van der Waals surface area contributed by atoms with Gasteiger partial charge in [-0.3, -0.25) is 9.13 Å². The second-order valence-electron chi connectivity index (χ2n) is 17.6. The maximum atomic E-state index is 5.63. The molecule has 0 saturated carbocycles. The van der Waals surface area contributed by atoms with Crippen LogP contribution in [0.15, 0.2) is 224 Å². The van der Waals surface area contributed by atoms with E-state index in [4.69, 9.17) is 15.0 Å². The van der Waals surface area contributed by atoms with Gasteiger partial charge in [0.15, 0.2) is 5.82 Å². The van der Waals surface area contributed by atoms with Gasteiger partial charge in [-0.05, 0) is 60.0 Å². The molecule has 0 radical (unpaired) electrons. The molecule has 10 aromatic carbocycles. The Labute approximate surface area is 388 Å². The van der Waals surface area contributed by atoms with E-state index in [9.17, 15) is 0 Å². The highest BCUT2D eigenvalue weighted by Crippen LogP contribution is 2.44. The fraction of sp³-hybridized carbons (Fsp3) is 0. The molecule has 15 aromatic rings.